The second-order valence-corrected chi connectivity index (χ2v) is 7.51. The van der Waals surface area contributed by atoms with Gasteiger partial charge in [-0.3, -0.25) is 9.59 Å². The van der Waals surface area contributed by atoms with E-state index in [1.54, 1.807) is 24.3 Å². The molecule has 6 nitrogen and oxygen atoms in total. The summed E-state index contributed by atoms with van der Waals surface area (Å²) in [6, 6.07) is 18.8. The second-order valence-electron chi connectivity index (χ2n) is 7.51. The van der Waals surface area contributed by atoms with Gasteiger partial charge < -0.3 is 15.1 Å². The van der Waals surface area contributed by atoms with Crippen LogP contribution in [0, 0.1) is 0 Å². The maximum absolute atomic E-state index is 12.4. The first-order chi connectivity index (χ1) is 14.5. The third-order valence-electron chi connectivity index (χ3n) is 4.83. The minimum Gasteiger partial charge on any atom is -0.440 e. The number of rotatable bonds is 6. The van der Waals surface area contributed by atoms with Gasteiger partial charge in [-0.1, -0.05) is 44.2 Å². The highest BCUT2D eigenvalue weighted by atomic mass is 16.3. The summed E-state index contributed by atoms with van der Waals surface area (Å²) in [6.45, 7) is 4.28. The van der Waals surface area contributed by atoms with Crippen LogP contribution in [0.4, 0.5) is 5.69 Å². The number of carbonyl (C=O) groups is 2. The Hall–Kier alpha value is -3.67. The first-order valence-electron chi connectivity index (χ1n) is 9.97. The largest absolute Gasteiger partial charge is 0.440 e. The van der Waals surface area contributed by atoms with Crippen molar-refractivity contribution in [1.82, 2.24) is 10.3 Å². The van der Waals surface area contributed by atoms with Crippen molar-refractivity contribution >= 4 is 39.4 Å². The van der Waals surface area contributed by atoms with Crippen LogP contribution in [0.15, 0.2) is 65.1 Å². The molecule has 0 aliphatic carbocycles. The number of benzene rings is 3. The number of anilines is 1. The van der Waals surface area contributed by atoms with Crippen molar-refractivity contribution in [3.8, 4) is 0 Å². The number of fused-ring (bicyclic) bond motifs is 2. The van der Waals surface area contributed by atoms with Crippen molar-refractivity contribution in [3.63, 3.8) is 0 Å². The molecule has 0 aliphatic rings. The number of nitrogens with one attached hydrogen (secondary N) is 2. The molecule has 0 aliphatic heterocycles. The molecule has 3 aromatic carbocycles. The number of hydrogen-bond acceptors (Lipinski definition) is 4. The first-order valence-corrected chi connectivity index (χ1v) is 9.97. The molecular weight excluding hydrogens is 378 g/mol. The zero-order chi connectivity index (χ0) is 21.1. The van der Waals surface area contributed by atoms with E-state index in [2.05, 4.69) is 15.6 Å². The minimum absolute atomic E-state index is 0.174. The Morgan fingerprint density at radius 3 is 2.60 bits per heavy atom. The molecule has 0 unspecified atom stereocenters. The van der Waals surface area contributed by atoms with E-state index in [1.165, 1.54) is 0 Å². The van der Waals surface area contributed by atoms with Gasteiger partial charge in [0, 0.05) is 30.1 Å². The van der Waals surface area contributed by atoms with E-state index < -0.39 is 0 Å². The lowest BCUT2D eigenvalue weighted by molar-refractivity contribution is -0.116. The summed E-state index contributed by atoms with van der Waals surface area (Å²) in [7, 11) is 0. The molecule has 1 aromatic heterocycles. The van der Waals surface area contributed by atoms with Crippen molar-refractivity contribution in [2.24, 2.45) is 0 Å². The molecule has 2 N–H and O–H groups in total. The molecule has 6 heteroatoms. The van der Waals surface area contributed by atoms with Crippen molar-refractivity contribution < 1.29 is 14.0 Å². The predicted octanol–water partition coefficient (Wildman–Crippen LogP) is 4.86. The van der Waals surface area contributed by atoms with E-state index >= 15 is 0 Å². The Kier molecular flexibility index (Phi) is 5.48. The van der Waals surface area contributed by atoms with Gasteiger partial charge in [-0.15, -0.1) is 0 Å². The van der Waals surface area contributed by atoms with E-state index in [0.29, 0.717) is 28.2 Å². The molecule has 0 bridgehead atoms. The summed E-state index contributed by atoms with van der Waals surface area (Å²) in [6.07, 6.45) is 0.174. The van der Waals surface area contributed by atoms with Gasteiger partial charge in [0.2, 0.25) is 5.91 Å². The van der Waals surface area contributed by atoms with Gasteiger partial charge in [-0.2, -0.15) is 0 Å². The van der Waals surface area contributed by atoms with Crippen molar-refractivity contribution in [2.75, 3.05) is 11.9 Å². The van der Waals surface area contributed by atoms with Crippen LogP contribution in [0.1, 0.15) is 42.4 Å². The standard InChI is InChI=1S/C24H23N3O3/c1-15(2)24-27-20-14-19(9-10-21(20)30-24)26-22(28)11-12-25-23(29)18-8-7-16-5-3-4-6-17(16)13-18/h3-10,13-15H,11-12H2,1-2H3,(H,25,29)(H,26,28). The summed E-state index contributed by atoms with van der Waals surface area (Å²) >= 11 is 0. The van der Waals surface area contributed by atoms with E-state index in [4.69, 9.17) is 4.42 Å². The quantitative estimate of drug-likeness (QED) is 0.483. The molecule has 0 radical (unpaired) electrons. The highest BCUT2D eigenvalue weighted by molar-refractivity contribution is 5.99. The smallest absolute Gasteiger partial charge is 0.251 e. The van der Waals surface area contributed by atoms with Crippen LogP contribution in [0.3, 0.4) is 0 Å². The maximum atomic E-state index is 12.4. The Balaban J connectivity index is 1.32. The maximum Gasteiger partial charge on any atom is 0.251 e. The van der Waals surface area contributed by atoms with Crippen LogP contribution in [-0.2, 0) is 4.79 Å². The fourth-order valence-corrected chi connectivity index (χ4v) is 3.22. The lowest BCUT2D eigenvalue weighted by Crippen LogP contribution is -2.27. The molecule has 1 heterocycles. The monoisotopic (exact) mass is 401 g/mol. The van der Waals surface area contributed by atoms with E-state index in [9.17, 15) is 9.59 Å². The summed E-state index contributed by atoms with van der Waals surface area (Å²) in [5, 5.41) is 7.72. The average Bonchev–Trinajstić information content (AvgIpc) is 3.17. The fraction of sp³-hybridized carbons (Fsp3) is 0.208. The van der Waals surface area contributed by atoms with Crippen LogP contribution in [-0.4, -0.2) is 23.3 Å². The SMILES string of the molecule is CC(C)c1nc2cc(NC(=O)CCNC(=O)c3ccc4ccccc4c3)ccc2o1. The number of oxazole rings is 1. The predicted molar refractivity (Wildman–Crippen MR) is 118 cm³/mol. The van der Waals surface area contributed by atoms with Gasteiger partial charge in [0.1, 0.15) is 5.52 Å². The summed E-state index contributed by atoms with van der Waals surface area (Å²) in [4.78, 5) is 29.1. The van der Waals surface area contributed by atoms with Crippen LogP contribution >= 0.6 is 0 Å². The molecule has 0 fully saturated rings. The van der Waals surface area contributed by atoms with Crippen molar-refractivity contribution in [2.45, 2.75) is 26.2 Å². The second kappa shape index (κ2) is 8.37. The Bertz CT molecular complexity index is 1230. The van der Waals surface area contributed by atoms with Crippen LogP contribution in [0.5, 0.6) is 0 Å². The van der Waals surface area contributed by atoms with Crippen LogP contribution in [0.2, 0.25) is 0 Å². The van der Waals surface area contributed by atoms with Gasteiger partial charge in [-0.05, 0) is 41.1 Å². The number of nitrogens with zero attached hydrogens (tertiary/aromatic N) is 1. The third kappa shape index (κ3) is 4.33. The van der Waals surface area contributed by atoms with Crippen LogP contribution < -0.4 is 10.6 Å². The molecule has 2 amide bonds. The zero-order valence-corrected chi connectivity index (χ0v) is 16.9. The topological polar surface area (TPSA) is 84.2 Å². The minimum atomic E-state index is -0.196. The van der Waals surface area contributed by atoms with Gasteiger partial charge in [-0.25, -0.2) is 4.98 Å². The lowest BCUT2D eigenvalue weighted by atomic mass is 10.1. The fourth-order valence-electron chi connectivity index (χ4n) is 3.22. The van der Waals surface area contributed by atoms with Crippen LogP contribution in [0.25, 0.3) is 21.9 Å². The average molecular weight is 401 g/mol. The molecular formula is C24H23N3O3. The molecule has 30 heavy (non-hydrogen) atoms. The number of amides is 2. The molecule has 0 atom stereocenters. The molecule has 4 aromatic rings. The van der Waals surface area contributed by atoms with E-state index in [-0.39, 0.29) is 30.7 Å². The van der Waals surface area contributed by atoms with Gasteiger partial charge in [0.05, 0.1) is 0 Å². The molecule has 4 rings (SSSR count). The number of aromatic nitrogens is 1. The Labute approximate surface area is 174 Å². The molecule has 0 saturated heterocycles. The summed E-state index contributed by atoms with van der Waals surface area (Å²) in [5.74, 6) is 0.492. The number of hydrogen-bond donors (Lipinski definition) is 2. The summed E-state index contributed by atoms with van der Waals surface area (Å²) < 4.78 is 5.68. The van der Waals surface area contributed by atoms with E-state index in [0.717, 1.165) is 10.8 Å². The molecule has 0 spiro atoms. The Morgan fingerprint density at radius 1 is 1.00 bits per heavy atom. The summed E-state index contributed by atoms with van der Waals surface area (Å²) in [5.41, 5.74) is 2.63. The zero-order valence-electron chi connectivity index (χ0n) is 16.9. The highest BCUT2D eigenvalue weighted by Crippen LogP contribution is 2.23. The molecule has 0 saturated carbocycles. The van der Waals surface area contributed by atoms with E-state index in [1.807, 2.05) is 50.2 Å². The molecule has 152 valence electrons. The normalized spacial score (nSPS) is 11.2. The van der Waals surface area contributed by atoms with Gasteiger partial charge >= 0.3 is 0 Å². The van der Waals surface area contributed by atoms with Gasteiger partial charge in [0.25, 0.3) is 5.91 Å². The van der Waals surface area contributed by atoms with Crippen molar-refractivity contribution in [1.29, 1.82) is 0 Å². The third-order valence-corrected chi connectivity index (χ3v) is 4.83. The Morgan fingerprint density at radius 2 is 1.80 bits per heavy atom. The van der Waals surface area contributed by atoms with Crippen molar-refractivity contribution in [3.05, 3.63) is 72.1 Å². The van der Waals surface area contributed by atoms with Gasteiger partial charge in [0.15, 0.2) is 11.5 Å². The number of carbonyl (C=O) groups excluding carboxylic acids is 2. The first kappa shape index (κ1) is 19.6. The highest BCUT2D eigenvalue weighted by Gasteiger charge is 2.11. The lowest BCUT2D eigenvalue weighted by Gasteiger charge is -2.07.